The van der Waals surface area contributed by atoms with Crippen molar-refractivity contribution in [1.29, 1.82) is 0 Å². The zero-order valence-electron chi connectivity index (χ0n) is 9.88. The molecule has 1 aliphatic rings. The van der Waals surface area contributed by atoms with E-state index < -0.39 is 5.82 Å². The molecule has 0 atom stereocenters. The van der Waals surface area contributed by atoms with Crippen molar-refractivity contribution in [1.82, 2.24) is 9.55 Å². The van der Waals surface area contributed by atoms with Gasteiger partial charge in [0.15, 0.2) is 4.77 Å². The summed E-state index contributed by atoms with van der Waals surface area (Å²) < 4.78 is 16.0. The van der Waals surface area contributed by atoms with Crippen molar-refractivity contribution in [3.8, 4) is 0 Å². The SMILES string of the molecule is Fc1cc2[nH]c(=S)n(CCCC3CC3)c2cc1Cl. The molecular weight excluding hydrogens is 271 g/mol. The Labute approximate surface area is 115 Å². The summed E-state index contributed by atoms with van der Waals surface area (Å²) in [5, 5.41) is 0.146. The van der Waals surface area contributed by atoms with Gasteiger partial charge < -0.3 is 9.55 Å². The molecule has 3 rings (SSSR count). The molecule has 0 spiro atoms. The minimum atomic E-state index is -0.412. The fourth-order valence-corrected chi connectivity index (χ4v) is 2.78. The molecule has 1 fully saturated rings. The smallest absolute Gasteiger partial charge is 0.178 e. The summed E-state index contributed by atoms with van der Waals surface area (Å²) in [5.74, 6) is 0.510. The number of nitrogens with zero attached hydrogens (tertiary/aromatic N) is 1. The van der Waals surface area contributed by atoms with Crippen molar-refractivity contribution < 1.29 is 4.39 Å². The van der Waals surface area contributed by atoms with E-state index in [1.165, 1.54) is 25.3 Å². The summed E-state index contributed by atoms with van der Waals surface area (Å²) in [6.45, 7) is 0.872. The molecule has 0 aliphatic heterocycles. The van der Waals surface area contributed by atoms with Gasteiger partial charge >= 0.3 is 0 Å². The summed E-state index contributed by atoms with van der Waals surface area (Å²) in [6.07, 6.45) is 5.11. The summed E-state index contributed by atoms with van der Waals surface area (Å²) >= 11 is 11.1. The lowest BCUT2D eigenvalue weighted by molar-refractivity contribution is 0.582. The van der Waals surface area contributed by atoms with Crippen molar-refractivity contribution in [2.45, 2.75) is 32.2 Å². The zero-order valence-corrected chi connectivity index (χ0v) is 11.5. The Morgan fingerprint density at radius 2 is 2.22 bits per heavy atom. The number of hydrogen-bond acceptors (Lipinski definition) is 1. The first-order valence-corrected chi connectivity index (χ1v) is 7.01. The van der Waals surface area contributed by atoms with E-state index in [0.717, 1.165) is 24.4 Å². The molecule has 96 valence electrons. The van der Waals surface area contributed by atoms with E-state index in [1.54, 1.807) is 6.07 Å². The summed E-state index contributed by atoms with van der Waals surface area (Å²) in [5.41, 5.74) is 1.61. The first-order valence-electron chi connectivity index (χ1n) is 6.22. The number of rotatable bonds is 4. The first kappa shape index (κ1) is 12.2. The number of benzene rings is 1. The van der Waals surface area contributed by atoms with E-state index in [-0.39, 0.29) is 5.02 Å². The highest BCUT2D eigenvalue weighted by molar-refractivity contribution is 7.71. The minimum Gasteiger partial charge on any atom is -0.330 e. The molecule has 18 heavy (non-hydrogen) atoms. The number of hydrogen-bond donors (Lipinski definition) is 1. The minimum absolute atomic E-state index is 0.146. The number of imidazole rings is 1. The van der Waals surface area contributed by atoms with Crippen LogP contribution in [0.25, 0.3) is 11.0 Å². The molecule has 1 saturated carbocycles. The van der Waals surface area contributed by atoms with Crippen LogP contribution in [0.4, 0.5) is 4.39 Å². The van der Waals surface area contributed by atoms with E-state index in [4.69, 9.17) is 23.8 Å². The second-order valence-corrected chi connectivity index (χ2v) is 5.74. The number of aromatic nitrogens is 2. The highest BCUT2D eigenvalue weighted by Gasteiger charge is 2.20. The fraction of sp³-hybridized carbons (Fsp3) is 0.462. The predicted molar refractivity (Wildman–Crippen MR) is 74.0 cm³/mol. The van der Waals surface area contributed by atoms with Gasteiger partial charge in [0, 0.05) is 12.6 Å². The van der Waals surface area contributed by atoms with Crippen molar-refractivity contribution >= 4 is 34.9 Å². The quantitative estimate of drug-likeness (QED) is 0.808. The Bertz CT molecular complexity index is 642. The number of aryl methyl sites for hydroxylation is 1. The molecule has 1 aliphatic carbocycles. The predicted octanol–water partition coefficient (Wildman–Crippen LogP) is 4.68. The maximum absolute atomic E-state index is 13.4. The maximum atomic E-state index is 13.4. The Hall–Kier alpha value is -0.870. The maximum Gasteiger partial charge on any atom is 0.178 e. The highest BCUT2D eigenvalue weighted by atomic mass is 35.5. The molecule has 0 radical (unpaired) electrons. The monoisotopic (exact) mass is 284 g/mol. The number of fused-ring (bicyclic) bond motifs is 1. The van der Waals surface area contributed by atoms with Crippen LogP contribution in [0.15, 0.2) is 12.1 Å². The summed E-state index contributed by atoms with van der Waals surface area (Å²) in [4.78, 5) is 3.03. The molecule has 2 aromatic rings. The van der Waals surface area contributed by atoms with E-state index in [0.29, 0.717) is 10.3 Å². The van der Waals surface area contributed by atoms with Gasteiger partial charge in [0.1, 0.15) is 5.82 Å². The van der Waals surface area contributed by atoms with E-state index in [1.807, 2.05) is 4.57 Å². The molecular formula is C13H14ClFN2S. The second-order valence-electron chi connectivity index (χ2n) is 4.95. The normalized spacial score (nSPS) is 15.4. The molecule has 2 nitrogen and oxygen atoms in total. The third-order valence-electron chi connectivity index (χ3n) is 3.51. The molecule has 0 saturated heterocycles. The number of H-pyrrole nitrogens is 1. The highest BCUT2D eigenvalue weighted by Crippen LogP contribution is 2.33. The molecule has 0 amide bonds. The van der Waals surface area contributed by atoms with Gasteiger partial charge in [0.25, 0.3) is 0 Å². The topological polar surface area (TPSA) is 20.7 Å². The Morgan fingerprint density at radius 3 is 2.94 bits per heavy atom. The Balaban J connectivity index is 1.91. The van der Waals surface area contributed by atoms with Gasteiger partial charge in [-0.1, -0.05) is 24.4 Å². The van der Waals surface area contributed by atoms with Gasteiger partial charge in [0.2, 0.25) is 0 Å². The molecule has 1 aromatic carbocycles. The average molecular weight is 285 g/mol. The number of aromatic amines is 1. The van der Waals surface area contributed by atoms with Crippen LogP contribution in [-0.4, -0.2) is 9.55 Å². The van der Waals surface area contributed by atoms with Crippen molar-refractivity contribution in [3.05, 3.63) is 27.7 Å². The number of nitrogens with one attached hydrogen (secondary N) is 1. The van der Waals surface area contributed by atoms with Crippen molar-refractivity contribution in [3.63, 3.8) is 0 Å². The van der Waals surface area contributed by atoms with Crippen LogP contribution in [0.1, 0.15) is 25.7 Å². The lowest BCUT2D eigenvalue weighted by Gasteiger charge is -2.04. The summed E-state index contributed by atoms with van der Waals surface area (Å²) in [6, 6.07) is 3.06. The van der Waals surface area contributed by atoms with Gasteiger partial charge in [0.05, 0.1) is 16.1 Å². The third kappa shape index (κ3) is 2.31. The van der Waals surface area contributed by atoms with Gasteiger partial charge in [-0.25, -0.2) is 4.39 Å². The Kier molecular flexibility index (Phi) is 3.16. The van der Waals surface area contributed by atoms with E-state index >= 15 is 0 Å². The van der Waals surface area contributed by atoms with Crippen LogP contribution < -0.4 is 0 Å². The van der Waals surface area contributed by atoms with Crippen molar-refractivity contribution in [2.24, 2.45) is 5.92 Å². The molecule has 1 aromatic heterocycles. The standard InChI is InChI=1S/C13H14ClFN2S/c14-9-6-12-11(7-10(9)15)16-13(18)17(12)5-1-2-8-3-4-8/h6-8H,1-5H2,(H,16,18). The van der Waals surface area contributed by atoms with Gasteiger partial charge in [-0.05, 0) is 37.0 Å². The van der Waals surface area contributed by atoms with Crippen LogP contribution >= 0.6 is 23.8 Å². The molecule has 5 heteroatoms. The first-order chi connectivity index (χ1) is 8.65. The fourth-order valence-electron chi connectivity index (χ4n) is 2.32. The summed E-state index contributed by atoms with van der Waals surface area (Å²) in [7, 11) is 0. The van der Waals surface area contributed by atoms with Crippen LogP contribution in [0.5, 0.6) is 0 Å². The van der Waals surface area contributed by atoms with E-state index in [9.17, 15) is 4.39 Å². The lowest BCUT2D eigenvalue weighted by Crippen LogP contribution is -1.98. The zero-order chi connectivity index (χ0) is 12.7. The lowest BCUT2D eigenvalue weighted by atomic mass is 10.2. The van der Waals surface area contributed by atoms with Gasteiger partial charge in [-0.2, -0.15) is 0 Å². The third-order valence-corrected chi connectivity index (χ3v) is 4.12. The second kappa shape index (κ2) is 4.67. The number of halogens is 2. The molecule has 1 heterocycles. The van der Waals surface area contributed by atoms with Crippen LogP contribution in [0.2, 0.25) is 5.02 Å². The van der Waals surface area contributed by atoms with Crippen molar-refractivity contribution in [2.75, 3.05) is 0 Å². The molecule has 0 unspecified atom stereocenters. The molecule has 1 N–H and O–H groups in total. The van der Waals surface area contributed by atoms with Gasteiger partial charge in [-0.3, -0.25) is 0 Å². The van der Waals surface area contributed by atoms with Crippen LogP contribution in [0.3, 0.4) is 0 Å². The van der Waals surface area contributed by atoms with E-state index in [2.05, 4.69) is 4.98 Å². The molecule has 0 bridgehead atoms. The Morgan fingerprint density at radius 1 is 1.44 bits per heavy atom. The van der Waals surface area contributed by atoms with Crippen LogP contribution in [-0.2, 0) is 6.54 Å². The average Bonchev–Trinajstić information content (AvgIpc) is 3.09. The van der Waals surface area contributed by atoms with Crippen LogP contribution in [0, 0.1) is 16.5 Å². The van der Waals surface area contributed by atoms with Gasteiger partial charge in [-0.15, -0.1) is 0 Å². The largest absolute Gasteiger partial charge is 0.330 e.